The maximum atomic E-state index is 6.13. The lowest BCUT2D eigenvalue weighted by Crippen LogP contribution is -2.42. The average molecular weight is 371 g/mol. The van der Waals surface area contributed by atoms with Crippen LogP contribution in [-0.4, -0.2) is 17.3 Å². The molecule has 1 heterocycles. The molecule has 2 N–H and O–H groups in total. The standard InChI is InChI=1S/C21H26N2O2S/c1-5-24-16-8-6-7-15(12-16)22-20(26)23-18-13-21(3,4)25-19-10-9-14(2)11-17(18)19/h6-12,18H,5,13H2,1-4H3,(H2,22,23,26). The van der Waals surface area contributed by atoms with Crippen LogP contribution in [-0.2, 0) is 0 Å². The third-order valence-electron chi connectivity index (χ3n) is 4.33. The number of fused-ring (bicyclic) bond motifs is 1. The molecule has 2 aromatic carbocycles. The molecule has 0 fully saturated rings. The summed E-state index contributed by atoms with van der Waals surface area (Å²) in [5.41, 5.74) is 3.02. The van der Waals surface area contributed by atoms with Crippen molar-refractivity contribution in [3.63, 3.8) is 0 Å². The molecule has 1 aliphatic rings. The van der Waals surface area contributed by atoms with Crippen molar-refractivity contribution in [2.24, 2.45) is 0 Å². The molecule has 138 valence electrons. The Morgan fingerprint density at radius 3 is 2.85 bits per heavy atom. The first-order chi connectivity index (χ1) is 12.4. The van der Waals surface area contributed by atoms with Crippen molar-refractivity contribution in [2.45, 2.75) is 45.8 Å². The molecular formula is C21H26N2O2S. The van der Waals surface area contributed by atoms with Crippen LogP contribution in [0.3, 0.4) is 0 Å². The van der Waals surface area contributed by atoms with Crippen molar-refractivity contribution >= 4 is 23.0 Å². The van der Waals surface area contributed by atoms with Crippen LogP contribution in [0.4, 0.5) is 5.69 Å². The molecule has 1 aliphatic heterocycles. The van der Waals surface area contributed by atoms with Gasteiger partial charge in [0, 0.05) is 23.7 Å². The van der Waals surface area contributed by atoms with E-state index in [2.05, 4.69) is 43.5 Å². The molecule has 0 saturated heterocycles. The highest BCUT2D eigenvalue weighted by atomic mass is 32.1. The number of hydrogen-bond acceptors (Lipinski definition) is 3. The number of rotatable bonds is 4. The summed E-state index contributed by atoms with van der Waals surface area (Å²) < 4.78 is 11.7. The summed E-state index contributed by atoms with van der Waals surface area (Å²) in [5.74, 6) is 1.75. The molecule has 0 amide bonds. The lowest BCUT2D eigenvalue weighted by Gasteiger charge is -2.38. The van der Waals surface area contributed by atoms with Gasteiger partial charge in [0.1, 0.15) is 17.1 Å². The van der Waals surface area contributed by atoms with E-state index in [1.54, 1.807) is 0 Å². The maximum absolute atomic E-state index is 6.13. The number of ether oxygens (including phenoxy) is 2. The lowest BCUT2D eigenvalue weighted by molar-refractivity contribution is 0.0696. The highest BCUT2D eigenvalue weighted by Gasteiger charge is 2.34. The number of benzene rings is 2. The third kappa shape index (κ3) is 4.47. The summed E-state index contributed by atoms with van der Waals surface area (Å²) in [6.45, 7) is 8.91. The molecule has 0 bridgehead atoms. The van der Waals surface area contributed by atoms with Crippen LogP contribution >= 0.6 is 12.2 Å². The molecule has 26 heavy (non-hydrogen) atoms. The molecule has 0 aromatic heterocycles. The van der Waals surface area contributed by atoms with Gasteiger partial charge in [-0.3, -0.25) is 0 Å². The van der Waals surface area contributed by atoms with Crippen molar-refractivity contribution in [1.82, 2.24) is 5.32 Å². The highest BCUT2D eigenvalue weighted by molar-refractivity contribution is 7.80. The molecular weight excluding hydrogens is 344 g/mol. The third-order valence-corrected chi connectivity index (χ3v) is 4.55. The van der Waals surface area contributed by atoms with E-state index in [4.69, 9.17) is 21.7 Å². The first-order valence-electron chi connectivity index (χ1n) is 8.96. The highest BCUT2D eigenvalue weighted by Crippen LogP contribution is 2.39. The van der Waals surface area contributed by atoms with Gasteiger partial charge in [-0.25, -0.2) is 0 Å². The van der Waals surface area contributed by atoms with Gasteiger partial charge in [0.15, 0.2) is 5.11 Å². The number of anilines is 1. The quantitative estimate of drug-likeness (QED) is 0.743. The summed E-state index contributed by atoms with van der Waals surface area (Å²) in [7, 11) is 0. The summed E-state index contributed by atoms with van der Waals surface area (Å²) in [4.78, 5) is 0. The molecule has 1 atom stereocenters. The van der Waals surface area contributed by atoms with E-state index in [-0.39, 0.29) is 11.6 Å². The number of thiocarbonyl (C=S) groups is 1. The Balaban J connectivity index is 1.75. The van der Waals surface area contributed by atoms with Crippen molar-refractivity contribution in [1.29, 1.82) is 0 Å². The van der Waals surface area contributed by atoms with Crippen molar-refractivity contribution in [3.05, 3.63) is 53.6 Å². The fourth-order valence-electron chi connectivity index (χ4n) is 3.26. The molecule has 2 aromatic rings. The predicted molar refractivity (Wildman–Crippen MR) is 110 cm³/mol. The fraction of sp³-hybridized carbons (Fsp3) is 0.381. The van der Waals surface area contributed by atoms with Gasteiger partial charge >= 0.3 is 0 Å². The topological polar surface area (TPSA) is 42.5 Å². The average Bonchev–Trinajstić information content (AvgIpc) is 2.55. The normalized spacial score (nSPS) is 17.6. The zero-order valence-electron chi connectivity index (χ0n) is 15.8. The predicted octanol–water partition coefficient (Wildman–Crippen LogP) is 4.98. The Hall–Kier alpha value is -2.27. The zero-order chi connectivity index (χ0) is 18.7. The van der Waals surface area contributed by atoms with E-state index in [9.17, 15) is 0 Å². The van der Waals surface area contributed by atoms with Gasteiger partial charge in [-0.1, -0.05) is 23.8 Å². The summed E-state index contributed by atoms with van der Waals surface area (Å²) in [6.07, 6.45) is 0.838. The van der Waals surface area contributed by atoms with Crippen molar-refractivity contribution < 1.29 is 9.47 Å². The summed E-state index contributed by atoms with van der Waals surface area (Å²) >= 11 is 5.56. The SMILES string of the molecule is CCOc1cccc(NC(=S)NC2CC(C)(C)Oc3ccc(C)cc32)c1. The first-order valence-corrected chi connectivity index (χ1v) is 9.37. The Bertz CT molecular complexity index is 804. The minimum absolute atomic E-state index is 0.101. The van der Waals surface area contributed by atoms with Gasteiger partial charge < -0.3 is 20.1 Å². The largest absolute Gasteiger partial charge is 0.494 e. The number of nitrogens with one attached hydrogen (secondary N) is 2. The Kier molecular flexibility index (Phi) is 5.37. The van der Waals surface area contributed by atoms with Gasteiger partial charge in [0.2, 0.25) is 0 Å². The number of hydrogen-bond donors (Lipinski definition) is 2. The van der Waals surface area contributed by atoms with Crippen LogP contribution in [0.1, 0.15) is 44.4 Å². The van der Waals surface area contributed by atoms with Gasteiger partial charge in [-0.15, -0.1) is 0 Å². The molecule has 0 aliphatic carbocycles. The van der Waals surface area contributed by atoms with Crippen LogP contribution in [0.2, 0.25) is 0 Å². The van der Waals surface area contributed by atoms with E-state index in [0.717, 1.165) is 29.2 Å². The fourth-order valence-corrected chi connectivity index (χ4v) is 3.52. The van der Waals surface area contributed by atoms with Crippen LogP contribution in [0, 0.1) is 6.92 Å². The molecule has 3 rings (SSSR count). The van der Waals surface area contributed by atoms with Crippen molar-refractivity contribution in [2.75, 3.05) is 11.9 Å². The molecule has 0 radical (unpaired) electrons. The van der Waals surface area contributed by atoms with Crippen LogP contribution in [0.25, 0.3) is 0 Å². The van der Waals surface area contributed by atoms with E-state index in [0.29, 0.717) is 11.7 Å². The maximum Gasteiger partial charge on any atom is 0.171 e. The second-order valence-electron chi connectivity index (χ2n) is 7.22. The van der Waals surface area contributed by atoms with E-state index < -0.39 is 0 Å². The molecule has 5 heteroatoms. The van der Waals surface area contributed by atoms with E-state index in [1.165, 1.54) is 5.56 Å². The lowest BCUT2D eigenvalue weighted by atomic mass is 9.89. The van der Waals surface area contributed by atoms with Gasteiger partial charge in [0.25, 0.3) is 0 Å². The first kappa shape index (κ1) is 18.5. The summed E-state index contributed by atoms with van der Waals surface area (Å²) in [6, 6.07) is 14.2. The van der Waals surface area contributed by atoms with Gasteiger partial charge in [-0.2, -0.15) is 0 Å². The molecule has 0 spiro atoms. The minimum Gasteiger partial charge on any atom is -0.494 e. The summed E-state index contributed by atoms with van der Waals surface area (Å²) in [5, 5.41) is 7.31. The van der Waals surface area contributed by atoms with Crippen molar-refractivity contribution in [3.8, 4) is 11.5 Å². The van der Waals surface area contributed by atoms with Gasteiger partial charge in [0.05, 0.1) is 12.6 Å². The smallest absolute Gasteiger partial charge is 0.171 e. The molecule has 0 saturated carbocycles. The number of aryl methyl sites for hydroxylation is 1. The van der Waals surface area contributed by atoms with E-state index >= 15 is 0 Å². The van der Waals surface area contributed by atoms with Crippen LogP contribution < -0.4 is 20.1 Å². The molecule has 4 nitrogen and oxygen atoms in total. The Morgan fingerprint density at radius 2 is 2.08 bits per heavy atom. The zero-order valence-corrected chi connectivity index (χ0v) is 16.6. The monoisotopic (exact) mass is 370 g/mol. The second-order valence-corrected chi connectivity index (χ2v) is 7.63. The Morgan fingerprint density at radius 1 is 1.27 bits per heavy atom. The second kappa shape index (κ2) is 7.54. The van der Waals surface area contributed by atoms with Crippen LogP contribution in [0.15, 0.2) is 42.5 Å². The van der Waals surface area contributed by atoms with E-state index in [1.807, 2.05) is 37.3 Å². The van der Waals surface area contributed by atoms with Gasteiger partial charge in [-0.05, 0) is 58.1 Å². The molecule has 1 unspecified atom stereocenters. The Labute approximate surface area is 160 Å². The van der Waals surface area contributed by atoms with Crippen LogP contribution in [0.5, 0.6) is 11.5 Å². The minimum atomic E-state index is -0.246.